The molecule has 0 spiro atoms. The molecule has 5 rings (SSSR count). The van der Waals surface area contributed by atoms with E-state index in [0.29, 0.717) is 25.3 Å². The first-order chi connectivity index (χ1) is 13.7. The number of hydrogen-bond donors (Lipinski definition) is 0. The van der Waals surface area contributed by atoms with Gasteiger partial charge in [0.2, 0.25) is 0 Å². The van der Waals surface area contributed by atoms with Crippen molar-refractivity contribution in [2.24, 2.45) is 0 Å². The molecule has 1 amide bonds. The summed E-state index contributed by atoms with van der Waals surface area (Å²) in [5.41, 5.74) is 3.93. The van der Waals surface area contributed by atoms with Crippen LogP contribution in [0.3, 0.4) is 0 Å². The number of aryl methyl sites for hydroxylation is 1. The van der Waals surface area contributed by atoms with E-state index in [1.807, 2.05) is 36.2 Å². The largest absolute Gasteiger partial charge is 0.378 e. The van der Waals surface area contributed by atoms with Crippen LogP contribution in [-0.4, -0.2) is 64.2 Å². The molecule has 2 atom stereocenters. The monoisotopic (exact) mass is 376 g/mol. The number of morpholine rings is 1. The summed E-state index contributed by atoms with van der Waals surface area (Å²) in [6.45, 7) is 5.67. The standard InChI is InChI=1S/C22H24N4O2/c1-16-7-8-20-19(11-23-26(20)12-16)22(27)24-9-10-25-18(13-24)14-28-15-21(25)17-5-3-2-4-6-17/h2-8,11-12,18,21H,9-10,13-15H2,1H3/t18-,21-/m1/s1. The van der Waals surface area contributed by atoms with Gasteiger partial charge in [0, 0.05) is 25.8 Å². The van der Waals surface area contributed by atoms with E-state index in [1.54, 1.807) is 10.7 Å². The van der Waals surface area contributed by atoms with E-state index < -0.39 is 0 Å². The maximum absolute atomic E-state index is 13.2. The zero-order valence-corrected chi connectivity index (χ0v) is 16.0. The highest BCUT2D eigenvalue weighted by Crippen LogP contribution is 2.30. The van der Waals surface area contributed by atoms with Crippen LogP contribution in [0.1, 0.15) is 27.5 Å². The Hall–Kier alpha value is -2.70. The second-order valence-electron chi connectivity index (χ2n) is 7.70. The van der Waals surface area contributed by atoms with Crippen LogP contribution < -0.4 is 0 Å². The fourth-order valence-corrected chi connectivity index (χ4v) is 4.41. The predicted octanol–water partition coefficient (Wildman–Crippen LogP) is 2.54. The van der Waals surface area contributed by atoms with Gasteiger partial charge in [-0.15, -0.1) is 0 Å². The quantitative estimate of drug-likeness (QED) is 0.690. The third kappa shape index (κ3) is 2.99. The van der Waals surface area contributed by atoms with Crippen LogP contribution in [0.4, 0.5) is 0 Å². The van der Waals surface area contributed by atoms with Crippen molar-refractivity contribution in [1.82, 2.24) is 19.4 Å². The average molecular weight is 376 g/mol. The Morgan fingerprint density at radius 3 is 2.82 bits per heavy atom. The third-order valence-corrected chi connectivity index (χ3v) is 5.88. The number of fused-ring (bicyclic) bond motifs is 2. The van der Waals surface area contributed by atoms with Crippen LogP contribution in [0.2, 0.25) is 0 Å². The second-order valence-corrected chi connectivity index (χ2v) is 7.70. The number of aromatic nitrogens is 2. The van der Waals surface area contributed by atoms with Crippen LogP contribution in [-0.2, 0) is 4.74 Å². The van der Waals surface area contributed by atoms with Gasteiger partial charge in [0.1, 0.15) is 0 Å². The number of carbonyl (C=O) groups is 1. The van der Waals surface area contributed by atoms with Gasteiger partial charge in [0.15, 0.2) is 0 Å². The third-order valence-electron chi connectivity index (χ3n) is 5.88. The van der Waals surface area contributed by atoms with E-state index in [9.17, 15) is 4.79 Å². The molecule has 1 aromatic carbocycles. The molecule has 0 N–H and O–H groups in total. The van der Waals surface area contributed by atoms with Gasteiger partial charge in [-0.3, -0.25) is 9.69 Å². The summed E-state index contributed by atoms with van der Waals surface area (Å²) in [5, 5.41) is 4.36. The van der Waals surface area contributed by atoms with Gasteiger partial charge in [-0.1, -0.05) is 36.4 Å². The first-order valence-electron chi connectivity index (χ1n) is 9.82. The highest BCUT2D eigenvalue weighted by Gasteiger charge is 2.38. The molecule has 2 aliphatic rings. The lowest BCUT2D eigenvalue weighted by Gasteiger charge is -2.48. The van der Waals surface area contributed by atoms with Crippen LogP contribution in [0.5, 0.6) is 0 Å². The molecule has 144 valence electrons. The summed E-state index contributed by atoms with van der Waals surface area (Å²) >= 11 is 0. The van der Waals surface area contributed by atoms with Crippen molar-refractivity contribution in [3.8, 4) is 0 Å². The molecule has 0 aliphatic carbocycles. The number of piperazine rings is 1. The van der Waals surface area contributed by atoms with E-state index in [1.165, 1.54) is 5.56 Å². The Morgan fingerprint density at radius 1 is 1.11 bits per heavy atom. The summed E-state index contributed by atoms with van der Waals surface area (Å²) in [4.78, 5) is 17.7. The zero-order valence-electron chi connectivity index (χ0n) is 16.0. The zero-order chi connectivity index (χ0) is 19.1. The highest BCUT2D eigenvalue weighted by molar-refractivity contribution is 6.00. The molecular weight excluding hydrogens is 352 g/mol. The summed E-state index contributed by atoms with van der Waals surface area (Å²) in [5.74, 6) is 0.0559. The smallest absolute Gasteiger partial charge is 0.257 e. The van der Waals surface area contributed by atoms with E-state index in [0.717, 1.165) is 24.2 Å². The first-order valence-corrected chi connectivity index (χ1v) is 9.82. The number of rotatable bonds is 2. The molecule has 2 saturated heterocycles. The number of carbonyl (C=O) groups excluding carboxylic acids is 1. The van der Waals surface area contributed by atoms with Gasteiger partial charge in [0.25, 0.3) is 5.91 Å². The van der Waals surface area contributed by atoms with Crippen molar-refractivity contribution >= 4 is 11.4 Å². The average Bonchev–Trinajstić information content (AvgIpc) is 3.16. The second kappa shape index (κ2) is 7.04. The molecule has 0 saturated carbocycles. The lowest BCUT2D eigenvalue weighted by molar-refractivity contribution is -0.0770. The Kier molecular flexibility index (Phi) is 4.37. The van der Waals surface area contributed by atoms with Crippen LogP contribution in [0.15, 0.2) is 54.9 Å². The van der Waals surface area contributed by atoms with Crippen molar-refractivity contribution in [2.45, 2.75) is 19.0 Å². The molecule has 3 aromatic rings. The normalized spacial score (nSPS) is 23.0. The highest BCUT2D eigenvalue weighted by atomic mass is 16.5. The minimum absolute atomic E-state index is 0.0559. The fraction of sp³-hybridized carbons (Fsp3) is 0.364. The van der Waals surface area contributed by atoms with Gasteiger partial charge < -0.3 is 9.64 Å². The summed E-state index contributed by atoms with van der Waals surface area (Å²) in [6, 6.07) is 15.0. The minimum atomic E-state index is 0.0559. The topological polar surface area (TPSA) is 50.1 Å². The molecular formula is C22H24N4O2. The molecule has 0 bridgehead atoms. The summed E-state index contributed by atoms with van der Waals surface area (Å²) < 4.78 is 7.70. The predicted molar refractivity (Wildman–Crippen MR) is 106 cm³/mol. The number of nitrogens with zero attached hydrogens (tertiary/aromatic N) is 4. The van der Waals surface area contributed by atoms with Crippen LogP contribution in [0.25, 0.3) is 5.52 Å². The first kappa shape index (κ1) is 17.4. The molecule has 4 heterocycles. The van der Waals surface area contributed by atoms with Gasteiger partial charge in [-0.2, -0.15) is 5.10 Å². The molecule has 2 aliphatic heterocycles. The Morgan fingerprint density at radius 2 is 1.96 bits per heavy atom. The van der Waals surface area contributed by atoms with Gasteiger partial charge >= 0.3 is 0 Å². The molecule has 0 unspecified atom stereocenters. The fourth-order valence-electron chi connectivity index (χ4n) is 4.41. The van der Waals surface area contributed by atoms with Crippen molar-refractivity contribution in [3.05, 3.63) is 71.5 Å². The van der Waals surface area contributed by atoms with Crippen molar-refractivity contribution in [2.75, 3.05) is 32.8 Å². The lowest BCUT2D eigenvalue weighted by atomic mass is 10.00. The maximum Gasteiger partial charge on any atom is 0.257 e. The molecule has 6 heteroatoms. The van der Waals surface area contributed by atoms with Gasteiger partial charge in [0.05, 0.1) is 42.6 Å². The Labute approximate surface area is 164 Å². The van der Waals surface area contributed by atoms with Gasteiger partial charge in [-0.05, 0) is 24.1 Å². The Bertz CT molecular complexity index is 1000. The molecule has 6 nitrogen and oxygen atoms in total. The molecule has 0 radical (unpaired) electrons. The van der Waals surface area contributed by atoms with E-state index in [2.05, 4.69) is 34.3 Å². The maximum atomic E-state index is 13.2. The van der Waals surface area contributed by atoms with Crippen molar-refractivity contribution < 1.29 is 9.53 Å². The molecule has 28 heavy (non-hydrogen) atoms. The van der Waals surface area contributed by atoms with Crippen LogP contribution >= 0.6 is 0 Å². The summed E-state index contributed by atoms with van der Waals surface area (Å²) in [7, 11) is 0. The lowest BCUT2D eigenvalue weighted by Crippen LogP contribution is -2.60. The molecule has 2 fully saturated rings. The molecule has 2 aromatic heterocycles. The minimum Gasteiger partial charge on any atom is -0.378 e. The number of amides is 1. The van der Waals surface area contributed by atoms with E-state index >= 15 is 0 Å². The van der Waals surface area contributed by atoms with Crippen molar-refractivity contribution in [1.29, 1.82) is 0 Å². The van der Waals surface area contributed by atoms with Crippen molar-refractivity contribution in [3.63, 3.8) is 0 Å². The van der Waals surface area contributed by atoms with E-state index in [4.69, 9.17) is 4.74 Å². The number of benzene rings is 1. The summed E-state index contributed by atoms with van der Waals surface area (Å²) in [6.07, 6.45) is 3.64. The van der Waals surface area contributed by atoms with Gasteiger partial charge in [-0.25, -0.2) is 4.52 Å². The number of ether oxygens (including phenoxy) is 1. The Balaban J connectivity index is 1.36. The van der Waals surface area contributed by atoms with Crippen LogP contribution in [0, 0.1) is 6.92 Å². The number of hydrogen-bond acceptors (Lipinski definition) is 4. The number of pyridine rings is 1. The SMILES string of the molecule is Cc1ccc2c(C(=O)N3CCN4[C@@H](COC[C@@H]4c4ccccc4)C3)cnn2c1. The van der Waals surface area contributed by atoms with E-state index in [-0.39, 0.29) is 18.0 Å².